The molecule has 0 atom stereocenters. The van der Waals surface area contributed by atoms with Gasteiger partial charge in [-0.2, -0.15) is 4.98 Å². The summed E-state index contributed by atoms with van der Waals surface area (Å²) in [6.45, 7) is 1.93. The molecule has 1 N–H and O–H groups in total. The number of pyridine rings is 2. The Kier molecular flexibility index (Phi) is 6.94. The van der Waals surface area contributed by atoms with Gasteiger partial charge >= 0.3 is 0 Å². The van der Waals surface area contributed by atoms with E-state index in [1.807, 2.05) is 0 Å². The quantitative estimate of drug-likeness (QED) is 0.415. The molecule has 2 aromatic heterocycles. The molecule has 2 fully saturated rings. The maximum absolute atomic E-state index is 14.2. The summed E-state index contributed by atoms with van der Waals surface area (Å²) in [4.78, 5) is 55.8. The van der Waals surface area contributed by atoms with E-state index in [0.29, 0.717) is 6.29 Å². The summed E-state index contributed by atoms with van der Waals surface area (Å²) < 4.78 is 48.1. The first kappa shape index (κ1) is 27.1. The van der Waals surface area contributed by atoms with Crippen LogP contribution in [0, 0.1) is 5.82 Å². The van der Waals surface area contributed by atoms with Crippen LogP contribution in [-0.2, 0) is 0 Å². The van der Waals surface area contributed by atoms with E-state index in [0.717, 1.165) is 29.9 Å². The van der Waals surface area contributed by atoms with Crippen LogP contribution in [0.3, 0.4) is 0 Å². The minimum atomic E-state index is -3.01. The SMILES string of the molecule is CC(C)Oc1cc(-c2ccc(F)cc2C(=O)N2CC(F)(F)C2)cc(NC(=O)c2cc(C=O)cn(C3CC3)c2=O)n1. The van der Waals surface area contributed by atoms with Crippen LogP contribution < -0.4 is 15.6 Å². The van der Waals surface area contributed by atoms with Gasteiger partial charge in [-0.25, -0.2) is 13.2 Å². The van der Waals surface area contributed by atoms with Crippen molar-refractivity contribution in [1.82, 2.24) is 14.5 Å². The zero-order valence-electron chi connectivity index (χ0n) is 21.6. The van der Waals surface area contributed by atoms with Crippen LogP contribution in [-0.4, -0.2) is 57.7 Å². The van der Waals surface area contributed by atoms with Crippen molar-refractivity contribution in [2.24, 2.45) is 0 Å². The number of nitrogens with one attached hydrogen (secondary N) is 1. The van der Waals surface area contributed by atoms with Crippen molar-refractivity contribution in [2.75, 3.05) is 18.4 Å². The number of alkyl halides is 2. The van der Waals surface area contributed by atoms with Gasteiger partial charge < -0.3 is 19.5 Å². The summed E-state index contributed by atoms with van der Waals surface area (Å²) in [7, 11) is 0. The normalized spacial score (nSPS) is 15.9. The second kappa shape index (κ2) is 10.2. The van der Waals surface area contributed by atoms with Gasteiger partial charge in [0, 0.05) is 23.9 Å². The summed E-state index contributed by atoms with van der Waals surface area (Å²) in [6.07, 6.45) is 3.15. The number of hydrogen-bond acceptors (Lipinski definition) is 6. The van der Waals surface area contributed by atoms with Gasteiger partial charge in [-0.1, -0.05) is 6.07 Å². The van der Waals surface area contributed by atoms with Crippen molar-refractivity contribution in [2.45, 2.75) is 44.8 Å². The number of aldehydes is 1. The number of amides is 2. The van der Waals surface area contributed by atoms with Crippen LogP contribution in [0.1, 0.15) is 63.8 Å². The molecule has 0 unspecified atom stereocenters. The zero-order valence-corrected chi connectivity index (χ0v) is 21.6. The summed E-state index contributed by atoms with van der Waals surface area (Å²) in [5.41, 5.74) is -0.320. The lowest BCUT2D eigenvalue weighted by atomic mass is 9.97. The number of carbonyl (C=O) groups excluding carboxylic acids is 3. The Morgan fingerprint density at radius 1 is 1.12 bits per heavy atom. The number of benzene rings is 1. The maximum Gasteiger partial charge on any atom is 0.282 e. The standard InChI is InChI=1S/C28H25F3N4O5/c1-15(2)40-24-9-17(20-6-3-18(29)10-21(20)26(38)34-13-28(30,31)14-34)8-23(32-24)33-25(37)22-7-16(12-36)11-35(27(22)39)19-4-5-19/h3,6-12,15,19H,4-5,13-14H2,1-2H3,(H,32,33,37). The fourth-order valence-electron chi connectivity index (χ4n) is 4.46. The van der Waals surface area contributed by atoms with Crippen molar-refractivity contribution in [3.8, 4) is 17.0 Å². The Bertz CT molecular complexity index is 1570. The number of rotatable bonds is 8. The Morgan fingerprint density at radius 2 is 1.85 bits per heavy atom. The highest BCUT2D eigenvalue weighted by molar-refractivity contribution is 6.05. The van der Waals surface area contributed by atoms with Crippen molar-refractivity contribution >= 4 is 23.9 Å². The Morgan fingerprint density at radius 3 is 2.48 bits per heavy atom. The topological polar surface area (TPSA) is 111 Å². The highest BCUT2D eigenvalue weighted by Crippen LogP contribution is 2.35. The molecule has 40 heavy (non-hydrogen) atoms. The molecular formula is C28H25F3N4O5. The van der Waals surface area contributed by atoms with E-state index in [1.165, 1.54) is 35.0 Å². The zero-order chi connectivity index (χ0) is 28.8. The minimum absolute atomic E-state index is 0.0507. The van der Waals surface area contributed by atoms with Gasteiger partial charge in [0.25, 0.3) is 23.3 Å². The third kappa shape index (κ3) is 5.61. The van der Waals surface area contributed by atoms with Gasteiger partial charge in [-0.15, -0.1) is 0 Å². The molecule has 9 nitrogen and oxygen atoms in total. The molecule has 1 aromatic carbocycles. The molecule has 0 radical (unpaired) electrons. The molecule has 0 bridgehead atoms. The van der Waals surface area contributed by atoms with Crippen molar-refractivity contribution in [3.63, 3.8) is 0 Å². The Labute approximate surface area is 226 Å². The second-order valence-electron chi connectivity index (χ2n) is 10.2. The lowest BCUT2D eigenvalue weighted by Gasteiger charge is -2.39. The average molecular weight is 555 g/mol. The smallest absolute Gasteiger partial charge is 0.282 e. The van der Waals surface area contributed by atoms with Gasteiger partial charge in [-0.05, 0) is 62.1 Å². The van der Waals surface area contributed by atoms with E-state index in [2.05, 4.69) is 10.3 Å². The van der Waals surface area contributed by atoms with E-state index in [-0.39, 0.29) is 51.7 Å². The minimum Gasteiger partial charge on any atom is -0.475 e. The lowest BCUT2D eigenvalue weighted by molar-refractivity contribution is -0.113. The molecule has 3 heterocycles. The number of nitrogens with zero attached hydrogens (tertiary/aromatic N) is 3. The first-order valence-electron chi connectivity index (χ1n) is 12.6. The number of likely N-dealkylation sites (tertiary alicyclic amines) is 1. The number of ether oxygens (including phenoxy) is 1. The van der Waals surface area contributed by atoms with E-state index in [9.17, 15) is 32.3 Å². The summed E-state index contributed by atoms with van der Waals surface area (Å²) in [5.74, 6) is -5.33. The van der Waals surface area contributed by atoms with Crippen LogP contribution in [0.5, 0.6) is 5.88 Å². The number of halogens is 3. The van der Waals surface area contributed by atoms with Gasteiger partial charge in [0.1, 0.15) is 17.2 Å². The molecule has 2 amide bonds. The highest BCUT2D eigenvalue weighted by Gasteiger charge is 2.46. The molecular weight excluding hydrogens is 529 g/mol. The Balaban J connectivity index is 1.53. The van der Waals surface area contributed by atoms with Crippen LogP contribution in [0.25, 0.3) is 11.1 Å². The van der Waals surface area contributed by atoms with Gasteiger partial charge in [0.2, 0.25) is 5.88 Å². The predicted octanol–water partition coefficient (Wildman–Crippen LogP) is 4.33. The van der Waals surface area contributed by atoms with E-state index in [4.69, 9.17) is 4.74 Å². The predicted molar refractivity (Wildman–Crippen MR) is 139 cm³/mol. The molecule has 0 spiro atoms. The maximum atomic E-state index is 14.2. The molecule has 12 heteroatoms. The molecule has 1 aliphatic carbocycles. The summed E-state index contributed by atoms with van der Waals surface area (Å²) in [6, 6.07) is 7.37. The molecule has 2 aliphatic rings. The van der Waals surface area contributed by atoms with Crippen LogP contribution in [0.15, 0.2) is 47.4 Å². The van der Waals surface area contributed by atoms with Crippen LogP contribution in [0.2, 0.25) is 0 Å². The largest absolute Gasteiger partial charge is 0.475 e. The second-order valence-corrected chi connectivity index (χ2v) is 10.2. The van der Waals surface area contributed by atoms with Gasteiger partial charge in [0.05, 0.1) is 24.8 Å². The van der Waals surface area contributed by atoms with Gasteiger partial charge in [0.15, 0.2) is 6.29 Å². The summed E-state index contributed by atoms with van der Waals surface area (Å²) >= 11 is 0. The van der Waals surface area contributed by atoms with Crippen LogP contribution >= 0.6 is 0 Å². The first-order valence-corrected chi connectivity index (χ1v) is 12.6. The van der Waals surface area contributed by atoms with E-state index >= 15 is 0 Å². The molecule has 5 rings (SSSR count). The number of anilines is 1. The number of aromatic nitrogens is 2. The van der Waals surface area contributed by atoms with Crippen molar-refractivity contribution < 1.29 is 32.3 Å². The number of carbonyl (C=O) groups is 3. The fraction of sp³-hybridized carbons (Fsp3) is 0.321. The Hall–Kier alpha value is -4.48. The average Bonchev–Trinajstić information content (AvgIpc) is 3.71. The number of hydrogen-bond donors (Lipinski definition) is 1. The van der Waals surface area contributed by atoms with Crippen molar-refractivity contribution in [3.05, 3.63) is 75.5 Å². The van der Waals surface area contributed by atoms with Crippen molar-refractivity contribution in [1.29, 1.82) is 0 Å². The van der Waals surface area contributed by atoms with Crippen LogP contribution in [0.4, 0.5) is 19.0 Å². The monoisotopic (exact) mass is 554 g/mol. The van der Waals surface area contributed by atoms with Gasteiger partial charge in [-0.3, -0.25) is 19.2 Å². The van der Waals surface area contributed by atoms with E-state index in [1.54, 1.807) is 13.8 Å². The summed E-state index contributed by atoms with van der Waals surface area (Å²) in [5, 5.41) is 2.55. The molecule has 208 valence electrons. The fourth-order valence-corrected chi connectivity index (χ4v) is 4.46. The van der Waals surface area contributed by atoms with E-state index < -0.39 is 42.2 Å². The third-order valence-electron chi connectivity index (χ3n) is 6.44. The molecule has 1 saturated carbocycles. The first-order chi connectivity index (χ1) is 18.9. The molecule has 3 aromatic rings. The highest BCUT2D eigenvalue weighted by atomic mass is 19.3. The lowest BCUT2D eigenvalue weighted by Crippen LogP contribution is -2.58. The molecule has 1 saturated heterocycles. The third-order valence-corrected chi connectivity index (χ3v) is 6.44. The molecule has 1 aliphatic heterocycles.